The van der Waals surface area contributed by atoms with Crippen molar-refractivity contribution in [3.05, 3.63) is 58.0 Å². The van der Waals surface area contributed by atoms with Crippen LogP contribution >= 0.6 is 0 Å². The maximum Gasteiger partial charge on any atom is 0.276 e. The standard InChI is InChI=1S/C14H10N2O2/c15-8-12-13-10(6-7-18-13)9-16(14(12)17)11-4-2-1-3-5-11/h1-5,9H,6-7H2. The smallest absolute Gasteiger partial charge is 0.276 e. The van der Waals surface area contributed by atoms with Crippen molar-refractivity contribution in [2.45, 2.75) is 6.42 Å². The zero-order valence-corrected chi connectivity index (χ0v) is 9.59. The molecule has 1 aromatic carbocycles. The Morgan fingerprint density at radius 3 is 2.78 bits per heavy atom. The molecule has 1 aliphatic rings. The van der Waals surface area contributed by atoms with Gasteiger partial charge >= 0.3 is 0 Å². The summed E-state index contributed by atoms with van der Waals surface area (Å²) in [4.78, 5) is 12.2. The Labute approximate surface area is 104 Å². The first-order valence-electron chi connectivity index (χ1n) is 5.68. The van der Waals surface area contributed by atoms with Crippen molar-refractivity contribution < 1.29 is 4.74 Å². The highest BCUT2D eigenvalue weighted by molar-refractivity contribution is 5.50. The van der Waals surface area contributed by atoms with Gasteiger partial charge in [-0.25, -0.2) is 0 Å². The van der Waals surface area contributed by atoms with Crippen LogP contribution in [-0.2, 0) is 6.42 Å². The van der Waals surface area contributed by atoms with Crippen molar-refractivity contribution >= 4 is 0 Å². The summed E-state index contributed by atoms with van der Waals surface area (Å²) in [5.41, 5.74) is 1.43. The lowest BCUT2D eigenvalue weighted by Gasteiger charge is -2.08. The van der Waals surface area contributed by atoms with E-state index in [2.05, 4.69) is 0 Å². The van der Waals surface area contributed by atoms with E-state index in [0.717, 1.165) is 17.7 Å². The number of ether oxygens (including phenoxy) is 1. The maximum atomic E-state index is 12.2. The molecule has 0 spiro atoms. The molecule has 1 aliphatic heterocycles. The average molecular weight is 238 g/mol. The van der Waals surface area contributed by atoms with Crippen LogP contribution < -0.4 is 10.3 Å². The van der Waals surface area contributed by atoms with Crippen LogP contribution in [0, 0.1) is 11.3 Å². The highest BCUT2D eigenvalue weighted by Crippen LogP contribution is 2.27. The molecule has 18 heavy (non-hydrogen) atoms. The van der Waals surface area contributed by atoms with Gasteiger partial charge in [0.05, 0.1) is 6.61 Å². The molecule has 0 bridgehead atoms. The average Bonchev–Trinajstić information content (AvgIpc) is 2.87. The van der Waals surface area contributed by atoms with Gasteiger partial charge in [-0.3, -0.25) is 9.36 Å². The second-order valence-corrected chi connectivity index (χ2v) is 4.08. The molecular formula is C14H10N2O2. The number of para-hydroxylation sites is 1. The molecule has 0 saturated carbocycles. The zero-order valence-electron chi connectivity index (χ0n) is 9.59. The van der Waals surface area contributed by atoms with E-state index in [-0.39, 0.29) is 11.1 Å². The number of nitrogens with zero attached hydrogens (tertiary/aromatic N) is 2. The zero-order chi connectivity index (χ0) is 12.5. The molecule has 0 saturated heterocycles. The molecule has 0 N–H and O–H groups in total. The minimum Gasteiger partial charge on any atom is -0.491 e. The summed E-state index contributed by atoms with van der Waals surface area (Å²) in [6, 6.07) is 11.2. The number of pyridine rings is 1. The number of hydrogen-bond acceptors (Lipinski definition) is 3. The fourth-order valence-corrected chi connectivity index (χ4v) is 2.14. The Bertz CT molecular complexity index is 696. The normalized spacial score (nSPS) is 12.6. The number of nitriles is 1. The fraction of sp³-hybridized carbons (Fsp3) is 0.143. The van der Waals surface area contributed by atoms with Gasteiger partial charge in [0.15, 0.2) is 5.56 Å². The summed E-state index contributed by atoms with van der Waals surface area (Å²) < 4.78 is 6.86. The molecular weight excluding hydrogens is 228 g/mol. The van der Waals surface area contributed by atoms with Gasteiger partial charge in [-0.1, -0.05) is 18.2 Å². The van der Waals surface area contributed by atoms with Crippen LogP contribution in [0.3, 0.4) is 0 Å². The minimum absolute atomic E-state index is 0.0915. The van der Waals surface area contributed by atoms with Crippen molar-refractivity contribution in [3.8, 4) is 17.5 Å². The van der Waals surface area contributed by atoms with Crippen LogP contribution in [-0.4, -0.2) is 11.2 Å². The first-order valence-corrected chi connectivity index (χ1v) is 5.68. The predicted octanol–water partition coefficient (Wildman–Crippen LogP) is 1.64. The van der Waals surface area contributed by atoms with Crippen LogP contribution in [0.2, 0.25) is 0 Å². The molecule has 4 nitrogen and oxygen atoms in total. The molecule has 0 unspecified atom stereocenters. The van der Waals surface area contributed by atoms with E-state index < -0.39 is 0 Å². The van der Waals surface area contributed by atoms with Crippen LogP contribution in [0.15, 0.2) is 41.3 Å². The number of benzene rings is 1. The van der Waals surface area contributed by atoms with Gasteiger partial charge in [0.2, 0.25) is 0 Å². The third-order valence-electron chi connectivity index (χ3n) is 3.00. The van der Waals surface area contributed by atoms with E-state index in [1.54, 1.807) is 6.20 Å². The number of rotatable bonds is 1. The molecule has 0 amide bonds. The second kappa shape index (κ2) is 4.04. The lowest BCUT2D eigenvalue weighted by molar-refractivity contribution is 0.355. The summed E-state index contributed by atoms with van der Waals surface area (Å²) in [7, 11) is 0. The molecule has 1 aromatic heterocycles. The van der Waals surface area contributed by atoms with Crippen LogP contribution in [0.5, 0.6) is 5.75 Å². The molecule has 0 radical (unpaired) electrons. The lowest BCUT2D eigenvalue weighted by Crippen LogP contribution is -2.21. The molecule has 0 atom stereocenters. The fourth-order valence-electron chi connectivity index (χ4n) is 2.14. The maximum absolute atomic E-state index is 12.2. The largest absolute Gasteiger partial charge is 0.491 e. The van der Waals surface area contributed by atoms with E-state index in [9.17, 15) is 4.79 Å². The van der Waals surface area contributed by atoms with Gasteiger partial charge in [0.1, 0.15) is 11.8 Å². The third-order valence-corrected chi connectivity index (χ3v) is 3.00. The first kappa shape index (κ1) is 10.6. The number of hydrogen-bond donors (Lipinski definition) is 0. The SMILES string of the molecule is N#Cc1c2c(cn(-c3ccccc3)c1=O)CCO2. The molecule has 3 rings (SSSR count). The Morgan fingerprint density at radius 1 is 1.28 bits per heavy atom. The van der Waals surface area contributed by atoms with Gasteiger partial charge in [0.25, 0.3) is 5.56 Å². The Hall–Kier alpha value is -2.54. The Morgan fingerprint density at radius 2 is 2.06 bits per heavy atom. The van der Waals surface area contributed by atoms with Gasteiger partial charge in [-0.05, 0) is 12.1 Å². The summed E-state index contributed by atoms with van der Waals surface area (Å²) in [6.45, 7) is 0.530. The second-order valence-electron chi connectivity index (χ2n) is 4.08. The summed E-state index contributed by atoms with van der Waals surface area (Å²) in [5.74, 6) is 0.453. The Balaban J connectivity index is 2.31. The third kappa shape index (κ3) is 1.49. The van der Waals surface area contributed by atoms with Gasteiger partial charge in [-0.15, -0.1) is 0 Å². The first-order chi connectivity index (χ1) is 8.81. The molecule has 4 heteroatoms. The van der Waals surface area contributed by atoms with Crippen molar-refractivity contribution in [1.82, 2.24) is 4.57 Å². The van der Waals surface area contributed by atoms with Gasteiger partial charge < -0.3 is 4.74 Å². The molecule has 88 valence electrons. The predicted molar refractivity (Wildman–Crippen MR) is 66.0 cm³/mol. The molecule has 2 aromatic rings. The summed E-state index contributed by atoms with van der Waals surface area (Å²) >= 11 is 0. The van der Waals surface area contributed by atoms with Crippen molar-refractivity contribution in [2.24, 2.45) is 0 Å². The molecule has 0 fully saturated rings. The lowest BCUT2D eigenvalue weighted by atomic mass is 10.1. The van der Waals surface area contributed by atoms with E-state index in [1.807, 2.05) is 36.4 Å². The van der Waals surface area contributed by atoms with Gasteiger partial charge in [0, 0.05) is 23.9 Å². The quantitative estimate of drug-likeness (QED) is 0.759. The highest BCUT2D eigenvalue weighted by atomic mass is 16.5. The monoisotopic (exact) mass is 238 g/mol. The minimum atomic E-state index is -0.329. The molecule has 0 aliphatic carbocycles. The highest BCUT2D eigenvalue weighted by Gasteiger charge is 2.21. The van der Waals surface area contributed by atoms with Crippen molar-refractivity contribution in [1.29, 1.82) is 5.26 Å². The number of fused-ring (bicyclic) bond motifs is 1. The van der Waals surface area contributed by atoms with E-state index in [1.165, 1.54) is 4.57 Å². The van der Waals surface area contributed by atoms with E-state index in [0.29, 0.717) is 12.4 Å². The van der Waals surface area contributed by atoms with Crippen molar-refractivity contribution in [2.75, 3.05) is 6.61 Å². The topological polar surface area (TPSA) is 55.0 Å². The number of aromatic nitrogens is 1. The summed E-state index contributed by atoms with van der Waals surface area (Å²) in [5, 5.41) is 9.11. The molecule has 2 heterocycles. The van der Waals surface area contributed by atoms with Crippen LogP contribution in [0.4, 0.5) is 0 Å². The van der Waals surface area contributed by atoms with E-state index in [4.69, 9.17) is 10.00 Å². The summed E-state index contributed by atoms with van der Waals surface area (Å²) in [6.07, 6.45) is 2.50. The van der Waals surface area contributed by atoms with E-state index >= 15 is 0 Å². The van der Waals surface area contributed by atoms with Gasteiger partial charge in [-0.2, -0.15) is 5.26 Å². The van der Waals surface area contributed by atoms with Crippen LogP contribution in [0.1, 0.15) is 11.1 Å². The Kier molecular flexibility index (Phi) is 2.38. The van der Waals surface area contributed by atoms with Crippen LogP contribution in [0.25, 0.3) is 5.69 Å². The van der Waals surface area contributed by atoms with Crippen molar-refractivity contribution in [3.63, 3.8) is 0 Å².